The second-order valence-electron chi connectivity index (χ2n) is 6.36. The third-order valence-electron chi connectivity index (χ3n) is 4.19. The van der Waals surface area contributed by atoms with E-state index in [9.17, 15) is 9.59 Å². The molecule has 2 amide bonds. The van der Waals surface area contributed by atoms with Crippen molar-refractivity contribution in [1.29, 1.82) is 0 Å². The molecule has 6 nitrogen and oxygen atoms in total. The van der Waals surface area contributed by atoms with E-state index >= 15 is 0 Å². The zero-order chi connectivity index (χ0) is 15.3. The highest BCUT2D eigenvalue weighted by atomic mass is 16.4. The number of aliphatic carboxylic acids is 1. The minimum Gasteiger partial charge on any atom is -0.480 e. The second-order valence-corrected chi connectivity index (χ2v) is 6.36. The Morgan fingerprint density at radius 1 is 1.35 bits per heavy atom. The maximum absolute atomic E-state index is 12.1. The highest BCUT2D eigenvalue weighted by molar-refractivity contribution is 5.82. The summed E-state index contributed by atoms with van der Waals surface area (Å²) in [4.78, 5) is 24.6. The fraction of sp³-hybridized carbons (Fsp3) is 0.857. The first-order valence-electron chi connectivity index (χ1n) is 7.14. The third kappa shape index (κ3) is 4.67. The Bertz CT molecular complexity index is 347. The van der Waals surface area contributed by atoms with Crippen LogP contribution in [0.4, 0.5) is 4.79 Å². The van der Waals surface area contributed by atoms with Gasteiger partial charge in [0.2, 0.25) is 0 Å². The average molecular weight is 286 g/mol. The lowest BCUT2D eigenvalue weighted by atomic mass is 9.75. The molecule has 1 saturated carbocycles. The summed E-state index contributed by atoms with van der Waals surface area (Å²) in [7, 11) is 1.70. The smallest absolute Gasteiger partial charge is 0.326 e. The SMILES string of the molecule is CN(C(=O)N[C@H](CCO)C(=O)O)C1CCC(C)(C)CC1. The molecule has 0 aromatic rings. The first-order chi connectivity index (χ1) is 9.26. The van der Waals surface area contributed by atoms with Crippen LogP contribution in [0.1, 0.15) is 46.0 Å². The molecule has 1 fully saturated rings. The van der Waals surface area contributed by atoms with E-state index in [4.69, 9.17) is 10.2 Å². The summed E-state index contributed by atoms with van der Waals surface area (Å²) in [6.45, 7) is 4.19. The lowest BCUT2D eigenvalue weighted by molar-refractivity contribution is -0.139. The Labute approximate surface area is 120 Å². The highest BCUT2D eigenvalue weighted by Gasteiger charge is 2.31. The number of carbonyl (C=O) groups excluding carboxylic acids is 1. The van der Waals surface area contributed by atoms with Gasteiger partial charge in [0.15, 0.2) is 0 Å². The molecule has 0 aliphatic heterocycles. The molecule has 1 atom stereocenters. The van der Waals surface area contributed by atoms with Gasteiger partial charge in [-0.15, -0.1) is 0 Å². The summed E-state index contributed by atoms with van der Waals surface area (Å²) in [5, 5.41) is 20.2. The number of carboxylic acid groups (broad SMARTS) is 1. The monoisotopic (exact) mass is 286 g/mol. The van der Waals surface area contributed by atoms with Crippen molar-refractivity contribution < 1.29 is 19.8 Å². The van der Waals surface area contributed by atoms with Crippen LogP contribution in [-0.4, -0.2) is 52.9 Å². The first kappa shape index (κ1) is 16.8. The number of carboxylic acids is 1. The van der Waals surface area contributed by atoms with Gasteiger partial charge in [0.05, 0.1) is 0 Å². The molecule has 1 rings (SSSR count). The molecule has 0 aromatic heterocycles. The zero-order valence-electron chi connectivity index (χ0n) is 12.6. The quantitative estimate of drug-likeness (QED) is 0.713. The van der Waals surface area contributed by atoms with Gasteiger partial charge in [-0.3, -0.25) is 0 Å². The predicted octanol–water partition coefficient (Wildman–Crippen LogP) is 1.43. The summed E-state index contributed by atoms with van der Waals surface area (Å²) in [6.07, 6.45) is 4.03. The summed E-state index contributed by atoms with van der Waals surface area (Å²) < 4.78 is 0. The largest absolute Gasteiger partial charge is 0.480 e. The van der Waals surface area contributed by atoms with E-state index in [1.54, 1.807) is 11.9 Å². The first-order valence-corrected chi connectivity index (χ1v) is 7.14. The Balaban J connectivity index is 2.52. The van der Waals surface area contributed by atoms with E-state index in [1.165, 1.54) is 0 Å². The van der Waals surface area contributed by atoms with E-state index in [0.29, 0.717) is 5.41 Å². The fourth-order valence-electron chi connectivity index (χ4n) is 2.57. The van der Waals surface area contributed by atoms with Crippen LogP contribution in [0.3, 0.4) is 0 Å². The van der Waals surface area contributed by atoms with Gasteiger partial charge in [0.1, 0.15) is 6.04 Å². The van der Waals surface area contributed by atoms with Gasteiger partial charge in [-0.2, -0.15) is 0 Å². The van der Waals surface area contributed by atoms with Crippen LogP contribution in [0.2, 0.25) is 0 Å². The molecule has 116 valence electrons. The van der Waals surface area contributed by atoms with Gasteiger partial charge in [-0.1, -0.05) is 13.8 Å². The molecule has 0 spiro atoms. The normalized spacial score (nSPS) is 20.2. The minimum atomic E-state index is -1.12. The van der Waals surface area contributed by atoms with Crippen molar-refractivity contribution in [2.24, 2.45) is 5.41 Å². The molecule has 0 aromatic carbocycles. The lowest BCUT2D eigenvalue weighted by Crippen LogP contribution is -2.51. The van der Waals surface area contributed by atoms with Gasteiger partial charge in [-0.25, -0.2) is 9.59 Å². The number of aliphatic hydroxyl groups excluding tert-OH is 1. The van der Waals surface area contributed by atoms with Crippen molar-refractivity contribution in [1.82, 2.24) is 10.2 Å². The number of amides is 2. The molecule has 3 N–H and O–H groups in total. The number of rotatable bonds is 5. The van der Waals surface area contributed by atoms with Gasteiger partial charge in [0.25, 0.3) is 0 Å². The van der Waals surface area contributed by atoms with Gasteiger partial charge >= 0.3 is 12.0 Å². The van der Waals surface area contributed by atoms with Crippen molar-refractivity contribution in [3.05, 3.63) is 0 Å². The lowest BCUT2D eigenvalue weighted by Gasteiger charge is -2.38. The maximum atomic E-state index is 12.1. The number of carbonyl (C=O) groups is 2. The van der Waals surface area contributed by atoms with E-state index in [0.717, 1.165) is 25.7 Å². The second kappa shape index (κ2) is 6.92. The number of hydrogen-bond acceptors (Lipinski definition) is 3. The van der Waals surface area contributed by atoms with Crippen molar-refractivity contribution in [2.75, 3.05) is 13.7 Å². The van der Waals surface area contributed by atoms with Crippen molar-refractivity contribution in [3.63, 3.8) is 0 Å². The Hall–Kier alpha value is -1.30. The van der Waals surface area contributed by atoms with Crippen molar-refractivity contribution in [2.45, 2.75) is 58.0 Å². The van der Waals surface area contributed by atoms with Crippen LogP contribution in [0, 0.1) is 5.41 Å². The number of nitrogens with one attached hydrogen (secondary N) is 1. The number of aliphatic hydroxyl groups is 1. The Morgan fingerprint density at radius 2 is 1.90 bits per heavy atom. The molecule has 6 heteroatoms. The van der Waals surface area contributed by atoms with Crippen LogP contribution in [0.25, 0.3) is 0 Å². The molecule has 1 aliphatic rings. The molecule has 1 aliphatic carbocycles. The molecule has 20 heavy (non-hydrogen) atoms. The molecule has 0 radical (unpaired) electrons. The zero-order valence-corrected chi connectivity index (χ0v) is 12.6. The van der Waals surface area contributed by atoms with E-state index in [-0.39, 0.29) is 25.1 Å². The number of nitrogens with zero attached hydrogens (tertiary/aromatic N) is 1. The van der Waals surface area contributed by atoms with Gasteiger partial charge in [0, 0.05) is 26.1 Å². The molecular weight excluding hydrogens is 260 g/mol. The summed E-state index contributed by atoms with van der Waals surface area (Å²) in [5.74, 6) is -1.12. The number of hydrogen-bond donors (Lipinski definition) is 3. The topological polar surface area (TPSA) is 89.9 Å². The van der Waals surface area contributed by atoms with E-state index in [1.807, 2.05) is 0 Å². The molecule has 0 heterocycles. The summed E-state index contributed by atoms with van der Waals surface area (Å²) in [6, 6.07) is -1.25. The molecule has 0 unspecified atom stereocenters. The summed E-state index contributed by atoms with van der Waals surface area (Å²) >= 11 is 0. The summed E-state index contributed by atoms with van der Waals surface area (Å²) in [5.41, 5.74) is 0.328. The standard InChI is InChI=1S/C14H26N2O4/c1-14(2)7-4-10(5-8-14)16(3)13(20)15-11(6-9-17)12(18)19/h10-11,17H,4-9H2,1-3H3,(H,15,20)(H,18,19)/t11-/m1/s1. The van der Waals surface area contributed by atoms with Crippen LogP contribution in [-0.2, 0) is 4.79 Å². The van der Waals surface area contributed by atoms with Gasteiger partial charge in [-0.05, 0) is 31.1 Å². The highest BCUT2D eigenvalue weighted by Crippen LogP contribution is 2.36. The van der Waals surface area contributed by atoms with Crippen molar-refractivity contribution >= 4 is 12.0 Å². The van der Waals surface area contributed by atoms with Crippen molar-refractivity contribution in [3.8, 4) is 0 Å². The molecule has 0 bridgehead atoms. The van der Waals surface area contributed by atoms with Gasteiger partial charge < -0.3 is 20.4 Å². The third-order valence-corrected chi connectivity index (χ3v) is 4.19. The predicted molar refractivity (Wildman–Crippen MR) is 75.5 cm³/mol. The van der Waals surface area contributed by atoms with Crippen LogP contribution >= 0.6 is 0 Å². The molecular formula is C14H26N2O4. The van der Waals surface area contributed by atoms with Crippen LogP contribution < -0.4 is 5.32 Å². The molecule has 0 saturated heterocycles. The van der Waals surface area contributed by atoms with Crippen LogP contribution in [0.5, 0.6) is 0 Å². The number of urea groups is 1. The Kier molecular flexibility index (Phi) is 5.80. The van der Waals surface area contributed by atoms with E-state index < -0.39 is 12.0 Å². The fourth-order valence-corrected chi connectivity index (χ4v) is 2.57. The van der Waals surface area contributed by atoms with Crippen LogP contribution in [0.15, 0.2) is 0 Å². The average Bonchev–Trinajstić information content (AvgIpc) is 2.37. The minimum absolute atomic E-state index is 0.0204. The Morgan fingerprint density at radius 3 is 2.35 bits per heavy atom. The maximum Gasteiger partial charge on any atom is 0.326 e. The van der Waals surface area contributed by atoms with E-state index in [2.05, 4.69) is 19.2 Å².